The molecule has 2 amide bonds. The van der Waals surface area contributed by atoms with Crippen LogP contribution in [0.5, 0.6) is 17.2 Å². The largest absolute Gasteiger partial charge is 0.493 e. The molecule has 1 aliphatic heterocycles. The van der Waals surface area contributed by atoms with E-state index in [1.54, 1.807) is 42.5 Å². The van der Waals surface area contributed by atoms with E-state index in [0.717, 1.165) is 16.7 Å². The molecule has 0 spiro atoms. The lowest BCUT2D eigenvalue weighted by Crippen LogP contribution is -2.32. The highest BCUT2D eigenvalue weighted by molar-refractivity contribution is 8.18. The number of amides is 2. The van der Waals surface area contributed by atoms with Crippen LogP contribution in [-0.2, 0) is 4.79 Å². The Labute approximate surface area is 231 Å². The van der Waals surface area contributed by atoms with Gasteiger partial charge in [0.1, 0.15) is 12.4 Å². The first kappa shape index (κ1) is 26.9. The van der Waals surface area contributed by atoms with Crippen molar-refractivity contribution in [1.29, 1.82) is 0 Å². The zero-order valence-electron chi connectivity index (χ0n) is 19.2. The fourth-order valence-corrected chi connectivity index (χ4v) is 4.66. The summed E-state index contributed by atoms with van der Waals surface area (Å²) < 4.78 is 16.4. The van der Waals surface area contributed by atoms with Crippen LogP contribution >= 0.6 is 46.6 Å². The number of hydrogen-bond acceptors (Lipinski definition) is 7. The molecule has 3 aromatic carbocycles. The van der Waals surface area contributed by atoms with Crippen molar-refractivity contribution in [3.05, 3.63) is 91.8 Å². The van der Waals surface area contributed by atoms with Crippen molar-refractivity contribution in [2.45, 2.75) is 0 Å². The molecule has 37 heavy (non-hydrogen) atoms. The number of halogens is 3. The maximum Gasteiger partial charge on any atom is 0.343 e. The molecule has 1 aliphatic rings. The van der Waals surface area contributed by atoms with Crippen LogP contribution in [0.25, 0.3) is 6.08 Å². The molecule has 7 nitrogen and oxygen atoms in total. The summed E-state index contributed by atoms with van der Waals surface area (Å²) in [5.41, 5.74) is 0.761. The molecule has 0 atom stereocenters. The predicted molar refractivity (Wildman–Crippen MR) is 144 cm³/mol. The molecule has 0 saturated carbocycles. The Morgan fingerprint density at radius 3 is 2.27 bits per heavy atom. The van der Waals surface area contributed by atoms with Crippen LogP contribution in [0.1, 0.15) is 15.9 Å². The maximum atomic E-state index is 12.8. The molecule has 3 aromatic rings. The van der Waals surface area contributed by atoms with Crippen molar-refractivity contribution in [2.24, 2.45) is 0 Å². The van der Waals surface area contributed by atoms with Gasteiger partial charge >= 0.3 is 5.97 Å². The molecule has 190 valence electrons. The molecular weight excluding hydrogens is 561 g/mol. The Morgan fingerprint density at radius 1 is 0.973 bits per heavy atom. The minimum atomic E-state index is -0.647. The Bertz CT molecular complexity index is 1380. The third kappa shape index (κ3) is 6.59. The van der Waals surface area contributed by atoms with E-state index in [0.29, 0.717) is 21.4 Å². The van der Waals surface area contributed by atoms with E-state index in [4.69, 9.17) is 49.0 Å². The van der Waals surface area contributed by atoms with E-state index >= 15 is 0 Å². The molecule has 1 saturated heterocycles. The first-order valence-electron chi connectivity index (χ1n) is 10.7. The van der Waals surface area contributed by atoms with Crippen molar-refractivity contribution >= 4 is 69.8 Å². The summed E-state index contributed by atoms with van der Waals surface area (Å²) >= 11 is 18.9. The van der Waals surface area contributed by atoms with Crippen molar-refractivity contribution < 1.29 is 28.6 Å². The number of benzene rings is 3. The fourth-order valence-electron chi connectivity index (χ4n) is 3.29. The number of carbonyl (C=O) groups is 3. The first-order chi connectivity index (χ1) is 17.7. The number of esters is 1. The van der Waals surface area contributed by atoms with Gasteiger partial charge in [0, 0.05) is 10.0 Å². The number of imide groups is 1. The van der Waals surface area contributed by atoms with Crippen molar-refractivity contribution in [2.75, 3.05) is 20.3 Å². The summed E-state index contributed by atoms with van der Waals surface area (Å²) in [7, 11) is 1.39. The number of hydrogen-bond donors (Lipinski definition) is 0. The molecular formula is C26H18Cl3NO6S. The second kappa shape index (κ2) is 11.9. The SMILES string of the molecule is COc1cc(/C=C2\SC(=O)N(CCOc3ccc(Cl)cc3)C2=O)cc(Cl)c1OC(=O)c1ccc(Cl)cc1. The number of rotatable bonds is 8. The highest BCUT2D eigenvalue weighted by atomic mass is 35.5. The van der Waals surface area contributed by atoms with Gasteiger partial charge in [0.15, 0.2) is 11.5 Å². The summed E-state index contributed by atoms with van der Waals surface area (Å²) in [6.45, 7) is 0.203. The predicted octanol–water partition coefficient (Wildman–Crippen LogP) is 6.99. The van der Waals surface area contributed by atoms with Gasteiger partial charge in [0.05, 0.1) is 29.1 Å². The average molecular weight is 579 g/mol. The molecule has 0 aromatic heterocycles. The highest BCUT2D eigenvalue weighted by Crippen LogP contribution is 2.39. The van der Waals surface area contributed by atoms with Gasteiger partial charge in [-0.1, -0.05) is 34.8 Å². The zero-order chi connectivity index (χ0) is 26.5. The van der Waals surface area contributed by atoms with E-state index in [1.165, 1.54) is 31.4 Å². The summed E-state index contributed by atoms with van der Waals surface area (Å²) in [5, 5.41) is 0.731. The van der Waals surface area contributed by atoms with Crippen LogP contribution in [0.2, 0.25) is 15.1 Å². The first-order valence-corrected chi connectivity index (χ1v) is 12.7. The second-order valence-corrected chi connectivity index (χ2v) is 9.84. The summed E-state index contributed by atoms with van der Waals surface area (Å²) in [6.07, 6.45) is 1.52. The van der Waals surface area contributed by atoms with Crippen LogP contribution < -0.4 is 14.2 Å². The van der Waals surface area contributed by atoms with Gasteiger partial charge < -0.3 is 14.2 Å². The Morgan fingerprint density at radius 2 is 1.62 bits per heavy atom. The van der Waals surface area contributed by atoms with Crippen LogP contribution in [0.4, 0.5) is 4.79 Å². The lowest BCUT2D eigenvalue weighted by molar-refractivity contribution is -0.123. The molecule has 0 aliphatic carbocycles. The molecule has 4 rings (SSSR count). The fraction of sp³-hybridized carbons (Fsp3) is 0.115. The third-order valence-corrected chi connectivity index (χ3v) is 6.79. The highest BCUT2D eigenvalue weighted by Gasteiger charge is 2.35. The van der Waals surface area contributed by atoms with Gasteiger partial charge in [-0.3, -0.25) is 14.5 Å². The zero-order valence-corrected chi connectivity index (χ0v) is 22.3. The smallest absolute Gasteiger partial charge is 0.343 e. The van der Waals surface area contributed by atoms with Crippen LogP contribution in [0, 0.1) is 0 Å². The van der Waals surface area contributed by atoms with Crippen molar-refractivity contribution in [3.8, 4) is 17.2 Å². The summed E-state index contributed by atoms with van der Waals surface area (Å²) in [4.78, 5) is 39.1. The topological polar surface area (TPSA) is 82.1 Å². The lowest BCUT2D eigenvalue weighted by atomic mass is 10.1. The maximum absolute atomic E-state index is 12.8. The second-order valence-electron chi connectivity index (χ2n) is 7.57. The van der Waals surface area contributed by atoms with E-state index < -0.39 is 17.1 Å². The molecule has 0 unspecified atom stereocenters. The van der Waals surface area contributed by atoms with Crippen LogP contribution in [0.15, 0.2) is 65.6 Å². The normalized spacial score (nSPS) is 14.3. The molecule has 1 fully saturated rings. The summed E-state index contributed by atoms with van der Waals surface area (Å²) in [6, 6.07) is 16.0. The quantitative estimate of drug-likeness (QED) is 0.162. The number of thioether (sulfide) groups is 1. The van der Waals surface area contributed by atoms with Gasteiger partial charge in [-0.2, -0.15) is 0 Å². The van der Waals surface area contributed by atoms with Crippen LogP contribution in [-0.4, -0.2) is 42.3 Å². The van der Waals surface area contributed by atoms with Crippen LogP contribution in [0.3, 0.4) is 0 Å². The molecule has 1 heterocycles. The Balaban J connectivity index is 1.46. The van der Waals surface area contributed by atoms with Gasteiger partial charge in [0.25, 0.3) is 11.1 Å². The monoisotopic (exact) mass is 577 g/mol. The molecule has 0 N–H and O–H groups in total. The molecule has 0 bridgehead atoms. The van der Waals surface area contributed by atoms with E-state index in [2.05, 4.69) is 0 Å². The van der Waals surface area contributed by atoms with E-state index in [-0.39, 0.29) is 40.1 Å². The average Bonchev–Trinajstić information content (AvgIpc) is 3.14. The summed E-state index contributed by atoms with van der Waals surface area (Å²) in [5.74, 6) is -0.328. The van der Waals surface area contributed by atoms with Gasteiger partial charge in [-0.05, 0) is 84.1 Å². The van der Waals surface area contributed by atoms with E-state index in [1.807, 2.05) is 0 Å². The number of methoxy groups -OCH3 is 1. The molecule has 0 radical (unpaired) electrons. The standard InChI is InChI=1S/C26H18Cl3NO6S/c1-34-21-13-15(12-20(29)23(21)36-25(32)16-2-4-17(27)5-3-16)14-22-24(31)30(26(33)37-22)10-11-35-19-8-6-18(28)7-9-19/h2-9,12-14H,10-11H2,1H3/b22-14-. The van der Waals surface area contributed by atoms with Crippen molar-refractivity contribution in [1.82, 2.24) is 4.90 Å². The van der Waals surface area contributed by atoms with Crippen molar-refractivity contribution in [3.63, 3.8) is 0 Å². The van der Waals surface area contributed by atoms with Gasteiger partial charge in [-0.25, -0.2) is 4.79 Å². The van der Waals surface area contributed by atoms with Gasteiger partial charge in [0.2, 0.25) is 0 Å². The minimum Gasteiger partial charge on any atom is -0.493 e. The third-order valence-electron chi connectivity index (χ3n) is 5.10. The molecule has 11 heteroatoms. The number of ether oxygens (including phenoxy) is 3. The number of nitrogens with zero attached hydrogens (tertiary/aromatic N) is 1. The lowest BCUT2D eigenvalue weighted by Gasteiger charge is -2.13. The van der Waals surface area contributed by atoms with Gasteiger partial charge in [-0.15, -0.1) is 0 Å². The Kier molecular flexibility index (Phi) is 8.66. The van der Waals surface area contributed by atoms with E-state index in [9.17, 15) is 14.4 Å². The Hall–Kier alpha value is -3.17. The minimum absolute atomic E-state index is 0.0220. The number of carbonyl (C=O) groups excluding carboxylic acids is 3.